The minimum absolute atomic E-state index is 0.0901. The Kier molecular flexibility index (Phi) is 2.63. The summed E-state index contributed by atoms with van der Waals surface area (Å²) in [6.07, 6.45) is 9.14. The largest absolute Gasteiger partial charge is 0.481 e. The molecular weight excluding hydrogens is 236 g/mol. The van der Waals surface area contributed by atoms with E-state index in [0.29, 0.717) is 5.92 Å². The van der Waals surface area contributed by atoms with Gasteiger partial charge in [-0.3, -0.25) is 9.20 Å². The third-order valence-corrected chi connectivity index (χ3v) is 4.32. The lowest BCUT2D eigenvalue weighted by Gasteiger charge is -2.02. The predicted octanol–water partition coefficient (Wildman–Crippen LogP) is 2.68. The Hall–Kier alpha value is -1.36. The average molecular weight is 250 g/mol. The average Bonchev–Trinajstić information content (AvgIpc) is 2.86. The normalized spacial score (nSPS) is 16.9. The topological polar surface area (TPSA) is 54.6 Å². The second-order valence-corrected chi connectivity index (χ2v) is 5.70. The highest BCUT2D eigenvalue weighted by Gasteiger charge is 2.20. The minimum atomic E-state index is -0.787. The Labute approximate surface area is 103 Å². The van der Waals surface area contributed by atoms with Crippen LogP contribution in [-0.2, 0) is 11.2 Å². The number of hydrogen-bond acceptors (Lipinski definition) is 3. The van der Waals surface area contributed by atoms with Gasteiger partial charge in [-0.25, -0.2) is 4.98 Å². The summed E-state index contributed by atoms with van der Waals surface area (Å²) in [5.74, 6) is -0.171. The fourth-order valence-electron chi connectivity index (χ4n) is 2.51. The molecule has 1 aliphatic carbocycles. The summed E-state index contributed by atoms with van der Waals surface area (Å²) in [6, 6.07) is 0. The van der Waals surface area contributed by atoms with Crippen molar-refractivity contribution >= 4 is 22.3 Å². The van der Waals surface area contributed by atoms with Crippen LogP contribution in [0.5, 0.6) is 0 Å². The molecule has 1 aliphatic rings. The number of carbonyl (C=O) groups is 1. The summed E-state index contributed by atoms with van der Waals surface area (Å²) in [5.41, 5.74) is 1.18. The molecule has 4 nitrogen and oxygen atoms in total. The van der Waals surface area contributed by atoms with Crippen LogP contribution in [-0.4, -0.2) is 20.5 Å². The van der Waals surface area contributed by atoms with Crippen molar-refractivity contribution in [3.05, 3.63) is 23.0 Å². The van der Waals surface area contributed by atoms with Crippen molar-refractivity contribution in [1.82, 2.24) is 9.38 Å². The first kappa shape index (κ1) is 10.8. The zero-order valence-electron chi connectivity index (χ0n) is 9.43. The second kappa shape index (κ2) is 4.14. The Morgan fingerprint density at radius 1 is 1.47 bits per heavy atom. The van der Waals surface area contributed by atoms with Crippen molar-refractivity contribution in [2.75, 3.05) is 0 Å². The van der Waals surface area contributed by atoms with Gasteiger partial charge in [0.05, 0.1) is 12.1 Å². The van der Waals surface area contributed by atoms with E-state index in [2.05, 4.69) is 11.2 Å². The molecule has 1 N–H and O–H groups in total. The lowest BCUT2D eigenvalue weighted by molar-refractivity contribution is -0.136. The predicted molar refractivity (Wildman–Crippen MR) is 65.6 cm³/mol. The molecule has 0 aliphatic heterocycles. The van der Waals surface area contributed by atoms with Crippen LogP contribution in [0.25, 0.3) is 4.96 Å². The highest BCUT2D eigenvalue weighted by atomic mass is 32.1. The van der Waals surface area contributed by atoms with Gasteiger partial charge in [0.15, 0.2) is 4.96 Å². The molecule has 2 aromatic rings. The molecule has 90 valence electrons. The first-order valence-electron chi connectivity index (χ1n) is 5.91. The zero-order valence-corrected chi connectivity index (χ0v) is 10.2. The molecule has 0 amide bonds. The van der Waals surface area contributed by atoms with E-state index in [1.54, 1.807) is 0 Å². The lowest BCUT2D eigenvalue weighted by Crippen LogP contribution is -1.97. The Bertz CT molecular complexity index is 520. The van der Waals surface area contributed by atoms with Crippen molar-refractivity contribution in [3.63, 3.8) is 0 Å². The fourth-order valence-corrected chi connectivity index (χ4v) is 3.47. The number of nitrogens with zero attached hydrogens (tertiary/aromatic N) is 2. The highest BCUT2D eigenvalue weighted by molar-refractivity contribution is 7.17. The van der Waals surface area contributed by atoms with Crippen molar-refractivity contribution in [2.24, 2.45) is 0 Å². The number of carboxylic acids is 1. The van der Waals surface area contributed by atoms with E-state index in [1.807, 2.05) is 10.6 Å². The van der Waals surface area contributed by atoms with Crippen LogP contribution in [0.15, 0.2) is 12.4 Å². The Morgan fingerprint density at radius 2 is 2.24 bits per heavy atom. The maximum atomic E-state index is 10.6. The van der Waals surface area contributed by atoms with Crippen molar-refractivity contribution in [3.8, 4) is 0 Å². The van der Waals surface area contributed by atoms with Crippen molar-refractivity contribution < 1.29 is 9.90 Å². The molecule has 3 rings (SSSR count). The van der Waals surface area contributed by atoms with E-state index in [0.717, 1.165) is 9.84 Å². The SMILES string of the molecule is O=C(O)Cc1cn2cc(C3CCCC3)nc2s1. The van der Waals surface area contributed by atoms with Gasteiger partial charge >= 0.3 is 5.97 Å². The summed E-state index contributed by atoms with van der Waals surface area (Å²) in [4.78, 5) is 17.0. The van der Waals surface area contributed by atoms with E-state index in [4.69, 9.17) is 5.11 Å². The zero-order chi connectivity index (χ0) is 11.8. The van der Waals surface area contributed by atoms with Crippen LogP contribution in [0, 0.1) is 0 Å². The molecule has 5 heteroatoms. The lowest BCUT2D eigenvalue weighted by atomic mass is 10.1. The van der Waals surface area contributed by atoms with Crippen LogP contribution < -0.4 is 0 Å². The van der Waals surface area contributed by atoms with Gasteiger partial charge in [-0.15, -0.1) is 11.3 Å². The van der Waals surface area contributed by atoms with Gasteiger partial charge in [0, 0.05) is 23.2 Å². The summed E-state index contributed by atoms with van der Waals surface area (Å²) >= 11 is 1.48. The molecule has 17 heavy (non-hydrogen) atoms. The number of aromatic nitrogens is 2. The van der Waals surface area contributed by atoms with Crippen LogP contribution in [0.3, 0.4) is 0 Å². The van der Waals surface area contributed by atoms with Crippen molar-refractivity contribution in [2.45, 2.75) is 38.0 Å². The maximum Gasteiger partial charge on any atom is 0.308 e. The monoisotopic (exact) mass is 250 g/mol. The van der Waals surface area contributed by atoms with E-state index in [-0.39, 0.29) is 6.42 Å². The third kappa shape index (κ3) is 2.07. The van der Waals surface area contributed by atoms with Gasteiger partial charge in [0.25, 0.3) is 0 Å². The molecule has 1 fully saturated rings. The molecule has 0 radical (unpaired) electrons. The quantitative estimate of drug-likeness (QED) is 0.911. The van der Waals surface area contributed by atoms with E-state index < -0.39 is 5.97 Å². The van der Waals surface area contributed by atoms with Crippen LogP contribution in [0.2, 0.25) is 0 Å². The van der Waals surface area contributed by atoms with Gasteiger partial charge in [0.1, 0.15) is 0 Å². The molecule has 0 unspecified atom stereocenters. The summed E-state index contributed by atoms with van der Waals surface area (Å²) in [5, 5.41) is 8.73. The van der Waals surface area contributed by atoms with E-state index in [9.17, 15) is 4.79 Å². The molecule has 0 aromatic carbocycles. The molecule has 0 saturated heterocycles. The minimum Gasteiger partial charge on any atom is -0.481 e. The summed E-state index contributed by atoms with van der Waals surface area (Å²) in [6.45, 7) is 0. The number of hydrogen-bond donors (Lipinski definition) is 1. The van der Waals surface area contributed by atoms with Crippen LogP contribution in [0.4, 0.5) is 0 Å². The number of thiazole rings is 1. The van der Waals surface area contributed by atoms with Crippen LogP contribution in [0.1, 0.15) is 42.2 Å². The van der Waals surface area contributed by atoms with E-state index in [1.165, 1.54) is 42.7 Å². The molecule has 2 aromatic heterocycles. The van der Waals surface area contributed by atoms with Gasteiger partial charge in [-0.1, -0.05) is 12.8 Å². The first-order valence-corrected chi connectivity index (χ1v) is 6.73. The molecule has 0 atom stereocenters. The van der Waals surface area contributed by atoms with Gasteiger partial charge in [-0.2, -0.15) is 0 Å². The number of imidazole rings is 1. The Balaban J connectivity index is 1.87. The fraction of sp³-hybridized carbons (Fsp3) is 0.500. The summed E-state index contributed by atoms with van der Waals surface area (Å²) < 4.78 is 1.97. The molecule has 0 spiro atoms. The first-order chi connectivity index (χ1) is 8.22. The molecular formula is C12H14N2O2S. The van der Waals surface area contributed by atoms with Gasteiger partial charge in [-0.05, 0) is 12.8 Å². The number of rotatable bonds is 3. The van der Waals surface area contributed by atoms with Crippen LogP contribution >= 0.6 is 11.3 Å². The summed E-state index contributed by atoms with van der Waals surface area (Å²) in [7, 11) is 0. The standard InChI is InChI=1S/C12H14N2O2S/c15-11(16)5-9-6-14-7-10(13-12(14)17-9)8-3-1-2-4-8/h6-8H,1-5H2,(H,15,16). The second-order valence-electron chi connectivity index (χ2n) is 4.60. The number of aliphatic carboxylic acids is 1. The Morgan fingerprint density at radius 3 is 2.88 bits per heavy atom. The molecule has 2 heterocycles. The van der Waals surface area contributed by atoms with Gasteiger partial charge < -0.3 is 5.11 Å². The number of fused-ring (bicyclic) bond motifs is 1. The smallest absolute Gasteiger partial charge is 0.308 e. The van der Waals surface area contributed by atoms with Gasteiger partial charge in [0.2, 0.25) is 0 Å². The third-order valence-electron chi connectivity index (χ3n) is 3.32. The number of carboxylic acid groups (broad SMARTS) is 1. The van der Waals surface area contributed by atoms with E-state index >= 15 is 0 Å². The highest BCUT2D eigenvalue weighted by Crippen LogP contribution is 2.34. The maximum absolute atomic E-state index is 10.6. The molecule has 0 bridgehead atoms. The van der Waals surface area contributed by atoms with Crippen molar-refractivity contribution in [1.29, 1.82) is 0 Å². The molecule has 1 saturated carbocycles.